The maximum atomic E-state index is 14.4. The summed E-state index contributed by atoms with van der Waals surface area (Å²) < 4.78 is 21.0. The van der Waals surface area contributed by atoms with Gasteiger partial charge in [-0.2, -0.15) is 5.10 Å². The molecular formula is C22H23FN4O3. The number of ether oxygens (including phenoxy) is 1. The predicted molar refractivity (Wildman–Crippen MR) is 111 cm³/mol. The van der Waals surface area contributed by atoms with E-state index in [1.807, 2.05) is 13.8 Å². The number of amides is 2. The molecule has 2 aromatic carbocycles. The SMILES string of the molecule is COc1ccccc1C(=O)NC(C(=O)Nc1ccc(-n2cccn2)c(F)c1)C(C)C. The molecule has 0 radical (unpaired) electrons. The molecule has 3 rings (SSSR count). The number of methoxy groups -OCH3 is 1. The molecule has 1 unspecified atom stereocenters. The Hall–Kier alpha value is -3.68. The molecule has 0 saturated carbocycles. The van der Waals surface area contributed by atoms with Crippen LogP contribution in [0.25, 0.3) is 5.69 Å². The maximum absolute atomic E-state index is 14.4. The van der Waals surface area contributed by atoms with Gasteiger partial charge in [-0.1, -0.05) is 26.0 Å². The fourth-order valence-corrected chi connectivity index (χ4v) is 2.99. The highest BCUT2D eigenvalue weighted by Gasteiger charge is 2.26. The Kier molecular flexibility index (Phi) is 6.46. The molecule has 1 heterocycles. The number of carbonyl (C=O) groups excluding carboxylic acids is 2. The molecule has 0 aliphatic carbocycles. The molecule has 8 heteroatoms. The minimum Gasteiger partial charge on any atom is -0.496 e. The smallest absolute Gasteiger partial charge is 0.255 e. The first-order valence-electron chi connectivity index (χ1n) is 9.45. The Labute approximate surface area is 173 Å². The van der Waals surface area contributed by atoms with Crippen molar-refractivity contribution in [3.05, 3.63) is 72.3 Å². The van der Waals surface area contributed by atoms with E-state index in [0.717, 1.165) is 0 Å². The molecule has 0 bridgehead atoms. The highest BCUT2D eigenvalue weighted by atomic mass is 19.1. The molecule has 2 N–H and O–H groups in total. The quantitative estimate of drug-likeness (QED) is 0.625. The van der Waals surface area contributed by atoms with Crippen molar-refractivity contribution >= 4 is 17.5 Å². The lowest BCUT2D eigenvalue weighted by Gasteiger charge is -2.22. The fourth-order valence-electron chi connectivity index (χ4n) is 2.99. The molecule has 156 valence electrons. The van der Waals surface area contributed by atoms with Gasteiger partial charge < -0.3 is 15.4 Å². The van der Waals surface area contributed by atoms with E-state index in [2.05, 4.69) is 15.7 Å². The lowest BCUT2D eigenvalue weighted by molar-refractivity contribution is -0.118. The van der Waals surface area contributed by atoms with Gasteiger partial charge in [0.15, 0.2) is 5.82 Å². The summed E-state index contributed by atoms with van der Waals surface area (Å²) in [5.74, 6) is -1.19. The highest BCUT2D eigenvalue weighted by molar-refractivity contribution is 6.02. The zero-order chi connectivity index (χ0) is 21.7. The van der Waals surface area contributed by atoms with Crippen LogP contribution in [0, 0.1) is 11.7 Å². The van der Waals surface area contributed by atoms with Crippen LogP contribution < -0.4 is 15.4 Å². The summed E-state index contributed by atoms with van der Waals surface area (Å²) in [5, 5.41) is 9.40. The summed E-state index contributed by atoms with van der Waals surface area (Å²) in [4.78, 5) is 25.5. The summed E-state index contributed by atoms with van der Waals surface area (Å²) in [5.41, 5.74) is 0.876. The summed E-state index contributed by atoms with van der Waals surface area (Å²) in [7, 11) is 1.47. The van der Waals surface area contributed by atoms with Crippen LogP contribution in [0.15, 0.2) is 60.9 Å². The second kappa shape index (κ2) is 9.21. The van der Waals surface area contributed by atoms with Gasteiger partial charge in [0.2, 0.25) is 5.91 Å². The van der Waals surface area contributed by atoms with Crippen molar-refractivity contribution in [2.75, 3.05) is 12.4 Å². The first kappa shape index (κ1) is 21.0. The Balaban J connectivity index is 1.74. The monoisotopic (exact) mass is 410 g/mol. The van der Waals surface area contributed by atoms with E-state index < -0.39 is 23.7 Å². The molecule has 0 fully saturated rings. The number of anilines is 1. The third kappa shape index (κ3) is 4.65. The molecule has 3 aromatic rings. The molecule has 0 saturated heterocycles. The van der Waals surface area contributed by atoms with Crippen molar-refractivity contribution in [1.29, 1.82) is 0 Å². The maximum Gasteiger partial charge on any atom is 0.255 e. The number of para-hydroxylation sites is 1. The van der Waals surface area contributed by atoms with E-state index >= 15 is 0 Å². The van der Waals surface area contributed by atoms with Crippen LogP contribution >= 0.6 is 0 Å². The number of nitrogens with one attached hydrogen (secondary N) is 2. The highest BCUT2D eigenvalue weighted by Crippen LogP contribution is 2.20. The zero-order valence-corrected chi connectivity index (χ0v) is 16.9. The number of hydrogen-bond acceptors (Lipinski definition) is 4. The Bertz CT molecular complexity index is 1030. The predicted octanol–water partition coefficient (Wildman–Crippen LogP) is 3.41. The van der Waals surface area contributed by atoms with Gasteiger partial charge in [-0.15, -0.1) is 0 Å². The summed E-state index contributed by atoms with van der Waals surface area (Å²) in [6, 6.07) is 11.9. The van der Waals surface area contributed by atoms with Crippen LogP contribution in [0.3, 0.4) is 0 Å². The van der Waals surface area contributed by atoms with Gasteiger partial charge in [0.1, 0.15) is 17.5 Å². The van der Waals surface area contributed by atoms with Gasteiger partial charge in [-0.3, -0.25) is 9.59 Å². The molecular weight excluding hydrogens is 387 g/mol. The van der Waals surface area contributed by atoms with E-state index in [0.29, 0.717) is 11.3 Å². The van der Waals surface area contributed by atoms with Crippen LogP contribution in [-0.2, 0) is 4.79 Å². The average Bonchev–Trinajstić information content (AvgIpc) is 3.26. The molecule has 0 aliphatic heterocycles. The van der Waals surface area contributed by atoms with Crippen LogP contribution in [0.1, 0.15) is 24.2 Å². The van der Waals surface area contributed by atoms with Gasteiger partial charge >= 0.3 is 0 Å². The fraction of sp³-hybridized carbons (Fsp3) is 0.227. The molecule has 30 heavy (non-hydrogen) atoms. The largest absolute Gasteiger partial charge is 0.496 e. The van der Waals surface area contributed by atoms with Crippen molar-refractivity contribution in [3.8, 4) is 11.4 Å². The van der Waals surface area contributed by atoms with Gasteiger partial charge in [0.05, 0.1) is 12.7 Å². The van der Waals surface area contributed by atoms with Crippen LogP contribution in [0.4, 0.5) is 10.1 Å². The first-order chi connectivity index (χ1) is 14.4. The first-order valence-corrected chi connectivity index (χ1v) is 9.45. The van der Waals surface area contributed by atoms with Crippen molar-refractivity contribution in [2.24, 2.45) is 5.92 Å². The Morgan fingerprint density at radius 1 is 1.13 bits per heavy atom. The minimum atomic E-state index is -0.823. The molecule has 0 aliphatic rings. The van der Waals surface area contributed by atoms with Gasteiger partial charge in [0, 0.05) is 18.1 Å². The zero-order valence-electron chi connectivity index (χ0n) is 16.9. The van der Waals surface area contributed by atoms with Crippen LogP contribution in [-0.4, -0.2) is 34.7 Å². The standard InChI is InChI=1S/C22H23FN4O3/c1-14(2)20(26-21(28)16-7-4-5-8-19(16)30-3)22(29)25-15-9-10-18(17(23)13-15)27-12-6-11-24-27/h4-14,20H,1-3H3,(H,25,29)(H,26,28). The molecule has 0 spiro atoms. The molecule has 7 nitrogen and oxygen atoms in total. The molecule has 1 aromatic heterocycles. The number of benzene rings is 2. The van der Waals surface area contributed by atoms with Crippen molar-refractivity contribution in [3.63, 3.8) is 0 Å². The van der Waals surface area contributed by atoms with E-state index in [1.54, 1.807) is 48.8 Å². The lowest BCUT2D eigenvalue weighted by Crippen LogP contribution is -2.47. The molecule has 1 atom stereocenters. The van der Waals surface area contributed by atoms with Crippen LogP contribution in [0.2, 0.25) is 0 Å². The summed E-state index contributed by atoms with van der Waals surface area (Å²) in [6.07, 6.45) is 3.17. The van der Waals surface area contributed by atoms with Crippen LogP contribution in [0.5, 0.6) is 5.75 Å². The third-order valence-electron chi connectivity index (χ3n) is 4.55. The van der Waals surface area contributed by atoms with Crippen molar-refractivity contribution < 1.29 is 18.7 Å². The second-order valence-electron chi connectivity index (χ2n) is 7.00. The van der Waals surface area contributed by atoms with E-state index in [4.69, 9.17) is 4.74 Å². The number of carbonyl (C=O) groups is 2. The summed E-state index contributed by atoms with van der Waals surface area (Å²) >= 11 is 0. The number of aromatic nitrogens is 2. The lowest BCUT2D eigenvalue weighted by atomic mass is 10.0. The van der Waals surface area contributed by atoms with E-state index in [9.17, 15) is 14.0 Å². The number of halogens is 1. The third-order valence-corrected chi connectivity index (χ3v) is 4.55. The van der Waals surface area contributed by atoms with Gasteiger partial charge in [-0.05, 0) is 42.3 Å². The van der Waals surface area contributed by atoms with E-state index in [-0.39, 0.29) is 17.3 Å². The number of rotatable bonds is 7. The second-order valence-corrected chi connectivity index (χ2v) is 7.00. The number of nitrogens with zero attached hydrogens (tertiary/aromatic N) is 2. The average molecular weight is 410 g/mol. The minimum absolute atomic E-state index is 0.197. The van der Waals surface area contributed by atoms with Crippen molar-refractivity contribution in [1.82, 2.24) is 15.1 Å². The normalized spacial score (nSPS) is 11.8. The Morgan fingerprint density at radius 2 is 1.90 bits per heavy atom. The van der Waals surface area contributed by atoms with Crippen molar-refractivity contribution in [2.45, 2.75) is 19.9 Å². The number of hydrogen-bond donors (Lipinski definition) is 2. The Morgan fingerprint density at radius 3 is 2.53 bits per heavy atom. The molecule has 2 amide bonds. The van der Waals surface area contributed by atoms with Gasteiger partial charge in [0.25, 0.3) is 5.91 Å². The topological polar surface area (TPSA) is 85.2 Å². The van der Waals surface area contributed by atoms with Gasteiger partial charge in [-0.25, -0.2) is 9.07 Å². The van der Waals surface area contributed by atoms with E-state index in [1.165, 1.54) is 23.9 Å². The summed E-state index contributed by atoms with van der Waals surface area (Å²) in [6.45, 7) is 3.63.